The first-order valence-corrected chi connectivity index (χ1v) is 6.74. The van der Waals surface area contributed by atoms with E-state index in [9.17, 15) is 4.79 Å². The predicted molar refractivity (Wildman–Crippen MR) is 75.3 cm³/mol. The van der Waals surface area contributed by atoms with E-state index in [0.717, 1.165) is 18.8 Å². The highest BCUT2D eigenvalue weighted by Gasteiger charge is 2.28. The SMILES string of the molecule is CC(C)(C)c1nc(Cl)cc(N2CCC(C(N)=O)C2)n1. The molecular formula is C13H19ClN4O. The standard InChI is InChI=1S/C13H19ClN4O/c1-13(2,3)12-16-9(14)6-10(17-12)18-5-4-8(7-18)11(15)19/h6,8H,4-5,7H2,1-3H3,(H2,15,19). The molecule has 2 rings (SSSR count). The summed E-state index contributed by atoms with van der Waals surface area (Å²) in [7, 11) is 0. The minimum absolute atomic E-state index is 0.105. The number of amides is 1. The van der Waals surface area contributed by atoms with Crippen molar-refractivity contribution in [3.05, 3.63) is 17.0 Å². The lowest BCUT2D eigenvalue weighted by Gasteiger charge is -2.22. The lowest BCUT2D eigenvalue weighted by atomic mass is 9.96. The first-order chi connectivity index (χ1) is 8.77. The number of carbonyl (C=O) groups is 1. The Morgan fingerprint density at radius 1 is 1.47 bits per heavy atom. The van der Waals surface area contributed by atoms with Gasteiger partial charge in [0.25, 0.3) is 0 Å². The number of hydrogen-bond donors (Lipinski definition) is 1. The smallest absolute Gasteiger partial charge is 0.222 e. The van der Waals surface area contributed by atoms with Gasteiger partial charge in [0.05, 0.1) is 5.92 Å². The number of hydrogen-bond acceptors (Lipinski definition) is 4. The number of nitrogens with zero attached hydrogens (tertiary/aromatic N) is 3. The summed E-state index contributed by atoms with van der Waals surface area (Å²) in [4.78, 5) is 22.1. The van der Waals surface area contributed by atoms with E-state index in [2.05, 4.69) is 9.97 Å². The van der Waals surface area contributed by atoms with Gasteiger partial charge in [-0.25, -0.2) is 9.97 Å². The van der Waals surface area contributed by atoms with Gasteiger partial charge in [-0.3, -0.25) is 4.79 Å². The zero-order valence-electron chi connectivity index (χ0n) is 11.5. The van der Waals surface area contributed by atoms with Crippen LogP contribution in [0.25, 0.3) is 0 Å². The van der Waals surface area contributed by atoms with Crippen molar-refractivity contribution in [3.63, 3.8) is 0 Å². The quantitative estimate of drug-likeness (QED) is 0.839. The van der Waals surface area contributed by atoms with Gasteiger partial charge in [0.2, 0.25) is 5.91 Å². The molecule has 1 fully saturated rings. The molecule has 2 heterocycles. The topological polar surface area (TPSA) is 72.1 Å². The minimum Gasteiger partial charge on any atom is -0.369 e. The Hall–Kier alpha value is -1.36. The maximum Gasteiger partial charge on any atom is 0.222 e. The van der Waals surface area contributed by atoms with E-state index in [1.54, 1.807) is 6.07 Å². The Morgan fingerprint density at radius 3 is 2.68 bits per heavy atom. The first-order valence-electron chi connectivity index (χ1n) is 6.36. The average Bonchev–Trinajstić information content (AvgIpc) is 2.76. The molecule has 1 aliphatic heterocycles. The Bertz CT molecular complexity index is 498. The maximum atomic E-state index is 11.2. The fraction of sp³-hybridized carbons (Fsp3) is 0.615. The van der Waals surface area contributed by atoms with Crippen molar-refractivity contribution in [1.82, 2.24) is 9.97 Å². The molecule has 2 N–H and O–H groups in total. The van der Waals surface area contributed by atoms with Crippen LogP contribution >= 0.6 is 11.6 Å². The molecule has 6 heteroatoms. The molecule has 0 bridgehead atoms. The second-order valence-electron chi connectivity index (χ2n) is 5.96. The van der Waals surface area contributed by atoms with Crippen LogP contribution in [0.1, 0.15) is 33.0 Å². The molecule has 1 atom stereocenters. The zero-order chi connectivity index (χ0) is 14.2. The summed E-state index contributed by atoms with van der Waals surface area (Å²) in [6, 6.07) is 1.74. The summed E-state index contributed by atoms with van der Waals surface area (Å²) in [5.41, 5.74) is 5.18. The second-order valence-corrected chi connectivity index (χ2v) is 6.34. The number of rotatable bonds is 2. The number of primary amides is 1. The highest BCUT2D eigenvalue weighted by atomic mass is 35.5. The second kappa shape index (κ2) is 4.96. The van der Waals surface area contributed by atoms with Gasteiger partial charge in [-0.05, 0) is 6.42 Å². The summed E-state index contributed by atoms with van der Waals surface area (Å²) >= 11 is 6.06. The summed E-state index contributed by atoms with van der Waals surface area (Å²) in [6.45, 7) is 7.49. The molecule has 1 unspecified atom stereocenters. The molecular weight excluding hydrogens is 264 g/mol. The summed E-state index contributed by atoms with van der Waals surface area (Å²) in [5, 5.41) is 0.428. The Morgan fingerprint density at radius 2 is 2.16 bits per heavy atom. The van der Waals surface area contributed by atoms with Gasteiger partial charge in [-0.1, -0.05) is 32.4 Å². The van der Waals surface area contributed by atoms with Crippen LogP contribution in [0.3, 0.4) is 0 Å². The Kier molecular flexibility index (Phi) is 3.67. The third-order valence-electron chi connectivity index (χ3n) is 3.27. The van der Waals surface area contributed by atoms with Gasteiger partial charge in [-0.15, -0.1) is 0 Å². The third kappa shape index (κ3) is 3.15. The van der Waals surface area contributed by atoms with E-state index in [1.807, 2.05) is 25.7 Å². The summed E-state index contributed by atoms with van der Waals surface area (Å²) in [5.74, 6) is 1.12. The van der Waals surface area contributed by atoms with Gasteiger partial charge in [0, 0.05) is 24.6 Å². The molecule has 1 saturated heterocycles. The van der Waals surface area contributed by atoms with Crippen LogP contribution in [0.5, 0.6) is 0 Å². The van der Waals surface area contributed by atoms with Gasteiger partial charge in [0.15, 0.2) is 0 Å². The van der Waals surface area contributed by atoms with E-state index in [0.29, 0.717) is 17.5 Å². The third-order valence-corrected chi connectivity index (χ3v) is 3.46. The average molecular weight is 283 g/mol. The molecule has 1 aromatic heterocycles. The lowest BCUT2D eigenvalue weighted by Crippen LogP contribution is -2.28. The number of aromatic nitrogens is 2. The number of nitrogens with two attached hydrogens (primary N) is 1. The molecule has 0 radical (unpaired) electrons. The van der Waals surface area contributed by atoms with Crippen molar-refractivity contribution in [1.29, 1.82) is 0 Å². The van der Waals surface area contributed by atoms with Gasteiger partial charge in [-0.2, -0.15) is 0 Å². The lowest BCUT2D eigenvalue weighted by molar-refractivity contribution is -0.121. The molecule has 0 spiro atoms. The zero-order valence-corrected chi connectivity index (χ0v) is 12.2. The van der Waals surface area contributed by atoms with E-state index >= 15 is 0 Å². The molecule has 0 aliphatic carbocycles. The van der Waals surface area contributed by atoms with Crippen LogP contribution in [0.15, 0.2) is 6.07 Å². The number of halogens is 1. The van der Waals surface area contributed by atoms with Crippen LogP contribution < -0.4 is 10.6 Å². The number of carbonyl (C=O) groups excluding carboxylic acids is 1. The van der Waals surface area contributed by atoms with Crippen molar-refractivity contribution in [3.8, 4) is 0 Å². The monoisotopic (exact) mass is 282 g/mol. The largest absolute Gasteiger partial charge is 0.369 e. The highest BCUT2D eigenvalue weighted by Crippen LogP contribution is 2.27. The van der Waals surface area contributed by atoms with Crippen molar-refractivity contribution in [2.75, 3.05) is 18.0 Å². The van der Waals surface area contributed by atoms with Crippen LogP contribution in [-0.4, -0.2) is 29.0 Å². The van der Waals surface area contributed by atoms with Crippen LogP contribution in [0.2, 0.25) is 5.15 Å². The maximum absolute atomic E-state index is 11.2. The number of anilines is 1. The molecule has 1 amide bonds. The first kappa shape index (κ1) is 14.1. The van der Waals surface area contributed by atoms with Gasteiger partial charge >= 0.3 is 0 Å². The molecule has 19 heavy (non-hydrogen) atoms. The summed E-state index contributed by atoms with van der Waals surface area (Å²) < 4.78 is 0. The Labute approximate surface area is 118 Å². The fourth-order valence-corrected chi connectivity index (χ4v) is 2.28. The van der Waals surface area contributed by atoms with Crippen LogP contribution in [0, 0.1) is 5.92 Å². The fourth-order valence-electron chi connectivity index (χ4n) is 2.10. The molecule has 0 saturated carbocycles. The summed E-state index contributed by atoms with van der Waals surface area (Å²) in [6.07, 6.45) is 0.766. The normalized spacial score (nSPS) is 19.8. The van der Waals surface area contributed by atoms with Crippen molar-refractivity contribution >= 4 is 23.3 Å². The molecule has 5 nitrogen and oxygen atoms in total. The van der Waals surface area contributed by atoms with E-state index in [-0.39, 0.29) is 17.2 Å². The van der Waals surface area contributed by atoms with Gasteiger partial charge in [0.1, 0.15) is 16.8 Å². The molecule has 104 valence electrons. The highest BCUT2D eigenvalue weighted by molar-refractivity contribution is 6.29. The van der Waals surface area contributed by atoms with Crippen LogP contribution in [-0.2, 0) is 10.2 Å². The van der Waals surface area contributed by atoms with Crippen molar-refractivity contribution in [2.45, 2.75) is 32.6 Å². The molecule has 1 aliphatic rings. The van der Waals surface area contributed by atoms with Crippen molar-refractivity contribution < 1.29 is 4.79 Å². The van der Waals surface area contributed by atoms with Crippen molar-refractivity contribution in [2.24, 2.45) is 11.7 Å². The predicted octanol–water partition coefficient (Wildman–Crippen LogP) is 1.74. The van der Waals surface area contributed by atoms with E-state index in [1.165, 1.54) is 0 Å². The van der Waals surface area contributed by atoms with Gasteiger partial charge < -0.3 is 10.6 Å². The molecule has 0 aromatic carbocycles. The molecule has 1 aromatic rings. The van der Waals surface area contributed by atoms with E-state index < -0.39 is 0 Å². The minimum atomic E-state index is -0.251. The van der Waals surface area contributed by atoms with E-state index in [4.69, 9.17) is 17.3 Å². The Balaban J connectivity index is 2.26. The van der Waals surface area contributed by atoms with Crippen LogP contribution in [0.4, 0.5) is 5.82 Å².